The molecule has 0 unspecified atom stereocenters. The predicted molar refractivity (Wildman–Crippen MR) is 124 cm³/mol. The van der Waals surface area contributed by atoms with Gasteiger partial charge >= 0.3 is 0 Å². The summed E-state index contributed by atoms with van der Waals surface area (Å²) in [6.45, 7) is 5.98. The molecule has 2 aliphatic rings. The van der Waals surface area contributed by atoms with Crippen LogP contribution in [0.2, 0.25) is 5.02 Å². The number of piperidine rings is 1. The average molecular weight is 446 g/mol. The van der Waals surface area contributed by atoms with Crippen LogP contribution in [0.15, 0.2) is 33.8 Å². The molecule has 30 heavy (non-hydrogen) atoms. The van der Waals surface area contributed by atoms with Gasteiger partial charge < -0.3 is 22.1 Å². The second-order valence-corrected chi connectivity index (χ2v) is 9.51. The molecule has 0 aromatic carbocycles. The first kappa shape index (κ1) is 21.2. The first-order chi connectivity index (χ1) is 14.3. The van der Waals surface area contributed by atoms with E-state index < -0.39 is 0 Å². The molecule has 1 saturated heterocycles. The molecule has 9 heteroatoms. The summed E-state index contributed by atoms with van der Waals surface area (Å²) in [5, 5.41) is 1.02. The number of nitrogens with two attached hydrogens (primary N) is 3. The molecule has 1 atom stereocenters. The van der Waals surface area contributed by atoms with E-state index in [9.17, 15) is 0 Å². The van der Waals surface area contributed by atoms with Crippen LogP contribution in [0, 0.1) is 12.3 Å². The van der Waals surface area contributed by atoms with Crippen LogP contribution in [0.1, 0.15) is 38.3 Å². The van der Waals surface area contributed by atoms with E-state index in [1.165, 1.54) is 17.3 Å². The van der Waals surface area contributed by atoms with Gasteiger partial charge in [0.25, 0.3) is 0 Å². The first-order valence-electron chi connectivity index (χ1n) is 10.3. The average Bonchev–Trinajstić information content (AvgIpc) is 3.04. The molecule has 0 bridgehead atoms. The summed E-state index contributed by atoms with van der Waals surface area (Å²) < 4.78 is 0. The van der Waals surface area contributed by atoms with Gasteiger partial charge in [-0.15, -0.1) is 0 Å². The van der Waals surface area contributed by atoms with Gasteiger partial charge in [0.2, 0.25) is 0 Å². The molecular weight excluding hydrogens is 418 g/mol. The normalized spacial score (nSPS) is 20.6. The number of halogens is 1. The Kier molecular flexibility index (Phi) is 5.83. The molecule has 2 aromatic rings. The Balaban J connectivity index is 1.50. The highest BCUT2D eigenvalue weighted by Gasteiger charge is 2.43. The number of rotatable bonds is 4. The van der Waals surface area contributed by atoms with Gasteiger partial charge in [0.05, 0.1) is 10.7 Å². The van der Waals surface area contributed by atoms with Gasteiger partial charge in [-0.3, -0.25) is 0 Å². The zero-order valence-electron chi connectivity index (χ0n) is 17.4. The molecular formula is C21H28ClN7S. The number of aromatic nitrogens is 3. The molecule has 7 nitrogen and oxygen atoms in total. The SMILES string of the molecule is CCC1=CCC2(CCN(c3nc(N)c(Sc4ccnc(N)c4Cl)nc3C)CC2)[C@@H]1N. The quantitative estimate of drug-likeness (QED) is 0.607. The zero-order valence-corrected chi connectivity index (χ0v) is 18.9. The standard InChI is InChI=1S/C21H28ClN7S/c1-3-13-4-6-21(16(13)23)7-10-29(11-8-21)19-12(2)27-20(18(25)28-19)30-14-5-9-26-17(24)15(14)22/h4-5,9,16H,3,6-8,10-11,23H2,1-2H3,(H2,24,26)(H2,25,28)/t16-/m1/s1. The predicted octanol–water partition coefficient (Wildman–Crippen LogP) is 3.80. The van der Waals surface area contributed by atoms with E-state index in [0.717, 1.165) is 55.2 Å². The number of nitrogens with zero attached hydrogens (tertiary/aromatic N) is 4. The van der Waals surface area contributed by atoms with Gasteiger partial charge in [-0.2, -0.15) is 0 Å². The number of aryl methyl sites for hydroxylation is 1. The first-order valence-corrected chi connectivity index (χ1v) is 11.5. The third-order valence-electron chi connectivity index (χ3n) is 6.42. The molecule has 160 valence electrons. The lowest BCUT2D eigenvalue weighted by molar-refractivity contribution is 0.204. The van der Waals surface area contributed by atoms with Crippen molar-refractivity contribution >= 4 is 40.8 Å². The third kappa shape index (κ3) is 3.72. The molecule has 4 rings (SSSR count). The minimum Gasteiger partial charge on any atom is -0.382 e. The number of anilines is 3. The van der Waals surface area contributed by atoms with Crippen molar-refractivity contribution in [2.75, 3.05) is 29.5 Å². The summed E-state index contributed by atoms with van der Waals surface area (Å²) in [7, 11) is 0. The van der Waals surface area contributed by atoms with Crippen LogP contribution >= 0.6 is 23.4 Å². The molecule has 0 radical (unpaired) electrons. The van der Waals surface area contributed by atoms with E-state index in [1.807, 2.05) is 6.92 Å². The lowest BCUT2D eigenvalue weighted by Gasteiger charge is -2.43. The van der Waals surface area contributed by atoms with E-state index in [2.05, 4.69) is 22.9 Å². The maximum absolute atomic E-state index is 6.59. The fraction of sp³-hybridized carbons (Fsp3) is 0.476. The Bertz CT molecular complexity index is 986. The maximum atomic E-state index is 6.59. The van der Waals surface area contributed by atoms with Crippen LogP contribution < -0.4 is 22.1 Å². The maximum Gasteiger partial charge on any atom is 0.158 e. The van der Waals surface area contributed by atoms with Crippen molar-refractivity contribution in [2.24, 2.45) is 11.1 Å². The second-order valence-electron chi connectivity index (χ2n) is 8.10. The Labute approximate surface area is 186 Å². The minimum absolute atomic E-state index is 0.179. The number of hydrogen-bond donors (Lipinski definition) is 3. The molecule has 3 heterocycles. The monoisotopic (exact) mass is 445 g/mol. The lowest BCUT2D eigenvalue weighted by Crippen LogP contribution is -2.48. The van der Waals surface area contributed by atoms with Crippen LogP contribution in [0.3, 0.4) is 0 Å². The molecule has 1 aliphatic carbocycles. The minimum atomic E-state index is 0.179. The van der Waals surface area contributed by atoms with Crippen molar-refractivity contribution in [1.82, 2.24) is 15.0 Å². The number of nitrogen functional groups attached to an aromatic ring is 2. The second kappa shape index (κ2) is 8.24. The molecule has 1 fully saturated rings. The van der Waals surface area contributed by atoms with Crippen LogP contribution in [0.25, 0.3) is 0 Å². The van der Waals surface area contributed by atoms with Gasteiger partial charge in [0, 0.05) is 30.2 Å². The van der Waals surface area contributed by atoms with Crippen LogP contribution in [0.5, 0.6) is 0 Å². The molecule has 6 N–H and O–H groups in total. The topological polar surface area (TPSA) is 120 Å². The van der Waals surface area contributed by atoms with Crippen molar-refractivity contribution < 1.29 is 0 Å². The van der Waals surface area contributed by atoms with E-state index in [-0.39, 0.29) is 17.3 Å². The van der Waals surface area contributed by atoms with Gasteiger partial charge in [0.15, 0.2) is 11.6 Å². The molecule has 2 aromatic heterocycles. The van der Waals surface area contributed by atoms with E-state index in [1.54, 1.807) is 12.3 Å². The van der Waals surface area contributed by atoms with Crippen LogP contribution in [0.4, 0.5) is 17.5 Å². The van der Waals surface area contributed by atoms with Crippen molar-refractivity contribution in [3.05, 3.63) is 34.6 Å². The van der Waals surface area contributed by atoms with Gasteiger partial charge in [-0.05, 0) is 44.1 Å². The third-order valence-corrected chi connectivity index (χ3v) is 7.99. The van der Waals surface area contributed by atoms with Crippen molar-refractivity contribution in [1.29, 1.82) is 0 Å². The Morgan fingerprint density at radius 3 is 2.63 bits per heavy atom. The Morgan fingerprint density at radius 1 is 1.23 bits per heavy atom. The number of pyridine rings is 1. The van der Waals surface area contributed by atoms with E-state index >= 15 is 0 Å². The fourth-order valence-corrected chi connectivity index (χ4v) is 5.62. The van der Waals surface area contributed by atoms with Gasteiger partial charge in [-0.1, -0.05) is 41.9 Å². The van der Waals surface area contributed by atoms with E-state index in [0.29, 0.717) is 15.9 Å². The number of allylic oxidation sites excluding steroid dienone is 1. The van der Waals surface area contributed by atoms with E-state index in [4.69, 9.17) is 38.8 Å². The zero-order chi connectivity index (χ0) is 21.5. The van der Waals surface area contributed by atoms with Crippen molar-refractivity contribution in [3.8, 4) is 0 Å². The molecule has 1 aliphatic heterocycles. The molecule has 1 spiro atoms. The van der Waals surface area contributed by atoms with Gasteiger partial charge in [-0.25, -0.2) is 15.0 Å². The molecule has 0 saturated carbocycles. The van der Waals surface area contributed by atoms with Crippen molar-refractivity contribution in [2.45, 2.75) is 55.5 Å². The van der Waals surface area contributed by atoms with Crippen LogP contribution in [-0.4, -0.2) is 34.1 Å². The van der Waals surface area contributed by atoms with Crippen LogP contribution in [-0.2, 0) is 0 Å². The Morgan fingerprint density at radius 2 is 1.97 bits per heavy atom. The summed E-state index contributed by atoms with van der Waals surface area (Å²) in [5.41, 5.74) is 21.1. The highest BCUT2D eigenvalue weighted by molar-refractivity contribution is 7.99. The largest absolute Gasteiger partial charge is 0.382 e. The number of hydrogen-bond acceptors (Lipinski definition) is 8. The summed E-state index contributed by atoms with van der Waals surface area (Å²) in [5.74, 6) is 1.52. The highest BCUT2D eigenvalue weighted by Crippen LogP contribution is 2.46. The summed E-state index contributed by atoms with van der Waals surface area (Å²) in [6.07, 6.45) is 8.20. The van der Waals surface area contributed by atoms with Gasteiger partial charge in [0.1, 0.15) is 10.8 Å². The Hall–Kier alpha value is -2.03. The summed E-state index contributed by atoms with van der Waals surface area (Å²) >= 11 is 7.61. The molecule has 0 amide bonds. The highest BCUT2D eigenvalue weighted by atomic mass is 35.5. The summed E-state index contributed by atoms with van der Waals surface area (Å²) in [4.78, 5) is 16.4. The smallest absolute Gasteiger partial charge is 0.158 e. The lowest BCUT2D eigenvalue weighted by atomic mass is 9.72. The summed E-state index contributed by atoms with van der Waals surface area (Å²) in [6, 6.07) is 1.97. The fourth-order valence-electron chi connectivity index (χ4n) is 4.53. The van der Waals surface area contributed by atoms with Crippen molar-refractivity contribution in [3.63, 3.8) is 0 Å².